The van der Waals surface area contributed by atoms with E-state index in [9.17, 15) is 9.18 Å². The van der Waals surface area contributed by atoms with Crippen LogP contribution in [-0.4, -0.2) is 50.8 Å². The number of ether oxygens (including phenoxy) is 3. The van der Waals surface area contributed by atoms with Crippen molar-refractivity contribution in [3.05, 3.63) is 54.9 Å². The zero-order chi connectivity index (χ0) is 24.1. The summed E-state index contributed by atoms with van der Waals surface area (Å²) in [7, 11) is -1.50. The molecule has 0 bridgehead atoms. The van der Waals surface area contributed by atoms with Crippen LogP contribution in [-0.2, 0) is 19.0 Å². The Hall–Kier alpha value is -3.18. The van der Waals surface area contributed by atoms with Gasteiger partial charge in [-0.25, -0.2) is 24.4 Å². The maximum atomic E-state index is 14.7. The van der Waals surface area contributed by atoms with Crippen molar-refractivity contribution in [2.75, 3.05) is 18.7 Å². The van der Waals surface area contributed by atoms with E-state index in [0.717, 1.165) is 0 Å². The van der Waals surface area contributed by atoms with E-state index in [1.807, 2.05) is 18.2 Å². The molecule has 13 heteroatoms. The number of aromatic nitrogens is 4. The van der Waals surface area contributed by atoms with Gasteiger partial charge < -0.3 is 24.5 Å². The Morgan fingerprint density at radius 1 is 1.32 bits per heavy atom. The minimum atomic E-state index is -1.50. The number of benzene rings is 1. The van der Waals surface area contributed by atoms with Crippen molar-refractivity contribution in [2.45, 2.75) is 32.4 Å². The number of nitrogens with zero attached hydrogens (tertiary/aromatic N) is 4. The summed E-state index contributed by atoms with van der Waals surface area (Å²) in [5, 5.41) is 3.08. The van der Waals surface area contributed by atoms with Gasteiger partial charge in [0.1, 0.15) is 30.0 Å². The molecule has 0 amide bonds. The summed E-state index contributed by atoms with van der Waals surface area (Å²) in [4.78, 5) is 24.2. The van der Waals surface area contributed by atoms with E-state index in [1.54, 1.807) is 26.0 Å². The number of hydrogen-bond acceptors (Lipinski definition) is 10. The van der Waals surface area contributed by atoms with Crippen LogP contribution in [0.1, 0.15) is 20.1 Å². The summed E-state index contributed by atoms with van der Waals surface area (Å²) >= 11 is 0. The van der Waals surface area contributed by atoms with Crippen LogP contribution in [0.3, 0.4) is 0 Å². The summed E-state index contributed by atoms with van der Waals surface area (Å²) in [6.45, 7) is 3.66. The normalized spacial score (nSPS) is 19.6. The third kappa shape index (κ3) is 5.48. The number of esters is 1. The van der Waals surface area contributed by atoms with Crippen molar-refractivity contribution in [3.8, 4) is 5.75 Å². The number of imidazole rings is 1. The number of para-hydroxylation sites is 1. The van der Waals surface area contributed by atoms with Gasteiger partial charge >= 0.3 is 5.97 Å². The van der Waals surface area contributed by atoms with Gasteiger partial charge in [-0.3, -0.25) is 9.36 Å². The van der Waals surface area contributed by atoms with Crippen molar-refractivity contribution in [2.24, 2.45) is 0 Å². The highest BCUT2D eigenvalue weighted by Gasteiger charge is 2.32. The standard InChI is InChI=1S/C21H24FN6O5P/c1-3-30-21(29)13(2)27-34(33-14-7-5-4-6-8-14)12-31-16-9-15(22)20(32-16)28-11-26-17-18(23)24-10-25-19(17)28/h4-11,13,16,20,27H,3,12H2,1-2H3,(H2,23,24,25). The highest BCUT2D eigenvalue weighted by Crippen LogP contribution is 2.38. The molecule has 1 aromatic carbocycles. The maximum absolute atomic E-state index is 14.7. The zero-order valence-corrected chi connectivity index (χ0v) is 19.4. The molecule has 0 saturated carbocycles. The minimum Gasteiger partial charge on any atom is -0.465 e. The van der Waals surface area contributed by atoms with E-state index in [0.29, 0.717) is 16.9 Å². The Morgan fingerprint density at radius 3 is 2.88 bits per heavy atom. The van der Waals surface area contributed by atoms with E-state index < -0.39 is 38.7 Å². The van der Waals surface area contributed by atoms with E-state index >= 15 is 0 Å². The molecule has 3 N–H and O–H groups in total. The molecule has 2 aromatic heterocycles. The lowest BCUT2D eigenvalue weighted by Crippen LogP contribution is -2.34. The third-order valence-corrected chi connectivity index (χ3v) is 6.22. The maximum Gasteiger partial charge on any atom is 0.323 e. The second-order valence-corrected chi connectivity index (χ2v) is 8.63. The quantitative estimate of drug-likeness (QED) is 0.322. The van der Waals surface area contributed by atoms with Crippen molar-refractivity contribution in [1.82, 2.24) is 24.6 Å². The number of hydrogen-bond donors (Lipinski definition) is 2. The van der Waals surface area contributed by atoms with Crippen LogP contribution in [0.25, 0.3) is 11.2 Å². The number of fused-ring (bicyclic) bond motifs is 1. The van der Waals surface area contributed by atoms with Crippen LogP contribution < -0.4 is 15.3 Å². The smallest absolute Gasteiger partial charge is 0.323 e. The topological polar surface area (TPSA) is 136 Å². The lowest BCUT2D eigenvalue weighted by Gasteiger charge is -2.24. The van der Waals surface area contributed by atoms with E-state index in [2.05, 4.69) is 20.0 Å². The van der Waals surface area contributed by atoms with Crippen LogP contribution in [0.5, 0.6) is 5.75 Å². The molecule has 11 nitrogen and oxygen atoms in total. The molecule has 4 atom stereocenters. The van der Waals surface area contributed by atoms with Gasteiger partial charge in [-0.1, -0.05) is 18.2 Å². The van der Waals surface area contributed by atoms with Crippen LogP contribution in [0, 0.1) is 0 Å². The van der Waals surface area contributed by atoms with Gasteiger partial charge in [-0.2, -0.15) is 0 Å². The van der Waals surface area contributed by atoms with Crippen molar-refractivity contribution >= 4 is 31.3 Å². The fourth-order valence-electron chi connectivity index (χ4n) is 3.15. The summed E-state index contributed by atoms with van der Waals surface area (Å²) in [6, 6.07) is 8.45. The number of anilines is 1. The fourth-order valence-corrected chi connectivity index (χ4v) is 4.52. The molecule has 3 heterocycles. The molecule has 0 spiro atoms. The molecule has 4 rings (SSSR count). The first-order valence-corrected chi connectivity index (χ1v) is 11.9. The van der Waals surface area contributed by atoms with Crippen molar-refractivity contribution in [1.29, 1.82) is 0 Å². The van der Waals surface area contributed by atoms with E-state index in [4.69, 9.17) is 24.5 Å². The van der Waals surface area contributed by atoms with Crippen LogP contribution >= 0.6 is 8.30 Å². The summed E-state index contributed by atoms with van der Waals surface area (Å²) < 4.78 is 38.7. The molecule has 180 valence electrons. The Morgan fingerprint density at radius 2 is 2.12 bits per heavy atom. The average Bonchev–Trinajstić information content (AvgIpc) is 3.42. The van der Waals surface area contributed by atoms with E-state index in [1.165, 1.54) is 23.3 Å². The lowest BCUT2D eigenvalue weighted by atomic mass is 10.3. The first-order chi connectivity index (χ1) is 16.5. The number of nitrogens with one attached hydrogen (secondary N) is 1. The number of rotatable bonds is 10. The molecule has 0 saturated heterocycles. The van der Waals surface area contributed by atoms with Gasteiger partial charge in [0.15, 0.2) is 38.1 Å². The predicted molar refractivity (Wildman–Crippen MR) is 122 cm³/mol. The number of carbonyl (C=O) groups excluding carboxylic acids is 1. The average molecular weight is 490 g/mol. The molecule has 0 radical (unpaired) electrons. The fraction of sp³-hybridized carbons (Fsp3) is 0.333. The summed E-state index contributed by atoms with van der Waals surface area (Å²) in [5.74, 6) is -0.204. The number of carbonyl (C=O) groups is 1. The SMILES string of the molecule is CCOC(=O)C(C)NP(COC1C=C(F)C(n2cnc3c(N)ncnc32)O1)Oc1ccccc1. The number of halogens is 1. The Bertz CT molecular complexity index is 1160. The Balaban J connectivity index is 1.42. The molecule has 0 aliphatic carbocycles. The predicted octanol–water partition coefficient (Wildman–Crippen LogP) is 3.02. The summed E-state index contributed by atoms with van der Waals surface area (Å²) in [5.41, 5.74) is 6.48. The highest BCUT2D eigenvalue weighted by atomic mass is 31.2. The minimum absolute atomic E-state index is 0.00886. The van der Waals surface area contributed by atoms with Crippen LogP contribution in [0.4, 0.5) is 10.2 Å². The molecular formula is C21H24FN6O5P. The van der Waals surface area contributed by atoms with Gasteiger partial charge in [-0.05, 0) is 26.0 Å². The van der Waals surface area contributed by atoms with Gasteiger partial charge in [-0.15, -0.1) is 0 Å². The molecule has 0 fully saturated rings. The second kappa shape index (κ2) is 10.8. The third-order valence-electron chi connectivity index (χ3n) is 4.73. The van der Waals surface area contributed by atoms with Gasteiger partial charge in [0, 0.05) is 6.08 Å². The van der Waals surface area contributed by atoms with Gasteiger partial charge in [0.2, 0.25) is 0 Å². The zero-order valence-electron chi connectivity index (χ0n) is 18.5. The first kappa shape index (κ1) is 24.0. The monoisotopic (exact) mass is 490 g/mol. The van der Waals surface area contributed by atoms with Crippen LogP contribution in [0.2, 0.25) is 0 Å². The molecule has 4 unspecified atom stereocenters. The molecular weight excluding hydrogens is 466 g/mol. The van der Waals surface area contributed by atoms with E-state index in [-0.39, 0.29) is 18.8 Å². The largest absolute Gasteiger partial charge is 0.465 e. The highest BCUT2D eigenvalue weighted by molar-refractivity contribution is 7.50. The lowest BCUT2D eigenvalue weighted by molar-refractivity contribution is -0.144. The molecule has 1 aliphatic rings. The number of nitrogens with two attached hydrogens (primary N) is 1. The molecule has 3 aromatic rings. The molecule has 34 heavy (non-hydrogen) atoms. The van der Waals surface area contributed by atoms with Crippen molar-refractivity contribution in [3.63, 3.8) is 0 Å². The number of nitrogen functional groups attached to an aromatic ring is 1. The van der Waals surface area contributed by atoms with Gasteiger partial charge in [0.05, 0.1) is 12.9 Å². The Kier molecular flexibility index (Phi) is 7.63. The van der Waals surface area contributed by atoms with Crippen molar-refractivity contribution < 1.29 is 27.9 Å². The first-order valence-electron chi connectivity index (χ1n) is 10.5. The Labute approximate surface area is 196 Å². The second-order valence-electron chi connectivity index (χ2n) is 7.17. The van der Waals surface area contributed by atoms with Gasteiger partial charge in [0.25, 0.3) is 0 Å². The summed E-state index contributed by atoms with van der Waals surface area (Å²) in [6.07, 6.45) is 1.76. The molecule has 1 aliphatic heterocycles. The van der Waals surface area contributed by atoms with Crippen LogP contribution in [0.15, 0.2) is 54.9 Å².